The summed E-state index contributed by atoms with van der Waals surface area (Å²) < 4.78 is 0. The summed E-state index contributed by atoms with van der Waals surface area (Å²) in [4.78, 5) is 17.1. The molecule has 2 aromatic rings. The minimum atomic E-state index is 0.215. The lowest BCUT2D eigenvalue weighted by Gasteiger charge is -2.36. The normalized spacial score (nSPS) is 16.4. The van der Waals surface area contributed by atoms with Crippen molar-refractivity contribution in [3.63, 3.8) is 0 Å². The lowest BCUT2D eigenvalue weighted by molar-refractivity contribution is -0.692. The number of rotatable bonds is 8. The van der Waals surface area contributed by atoms with Gasteiger partial charge >= 0.3 is 0 Å². The number of nitrogens with two attached hydrogens (primary N) is 1. The van der Waals surface area contributed by atoms with Crippen LogP contribution in [0.1, 0.15) is 57.2 Å². The summed E-state index contributed by atoms with van der Waals surface area (Å²) in [5.41, 5.74) is 3.78. The lowest BCUT2D eigenvalue weighted by Crippen LogP contribution is -2.88. The molecule has 1 aliphatic rings. The highest BCUT2D eigenvalue weighted by Crippen LogP contribution is 2.23. The molecule has 0 unspecified atom stereocenters. The zero-order valence-corrected chi connectivity index (χ0v) is 19.4. The molecule has 1 heterocycles. The average molecular weight is 425 g/mol. The Hall–Kier alpha value is -2.53. The van der Waals surface area contributed by atoms with Gasteiger partial charge in [-0.05, 0) is 42.2 Å². The summed E-state index contributed by atoms with van der Waals surface area (Å²) >= 11 is 0. The maximum atomic E-state index is 12.9. The van der Waals surface area contributed by atoms with E-state index in [2.05, 4.69) is 62.2 Å². The van der Waals surface area contributed by atoms with E-state index in [9.17, 15) is 9.90 Å². The number of quaternary nitrogens is 1. The van der Waals surface area contributed by atoms with Gasteiger partial charge in [0.2, 0.25) is 0 Å². The maximum Gasteiger partial charge on any atom is 0.277 e. The number of benzene rings is 2. The second-order valence-electron chi connectivity index (χ2n) is 9.07. The van der Waals surface area contributed by atoms with Gasteiger partial charge in [-0.25, -0.2) is 0 Å². The third kappa shape index (κ3) is 6.01. The van der Waals surface area contributed by atoms with Crippen molar-refractivity contribution in [2.45, 2.75) is 46.1 Å². The first-order valence-corrected chi connectivity index (χ1v) is 11.6. The molecular weight excluding hydrogens is 386 g/mol. The van der Waals surface area contributed by atoms with Crippen molar-refractivity contribution in [3.8, 4) is 5.75 Å². The number of aromatic hydroxyl groups is 1. The highest BCUT2D eigenvalue weighted by molar-refractivity contribution is 5.77. The van der Waals surface area contributed by atoms with Gasteiger partial charge in [-0.2, -0.15) is 0 Å². The van der Waals surface area contributed by atoms with Crippen LogP contribution in [0, 0.1) is 5.92 Å². The number of nitrogens with zero attached hydrogens (tertiary/aromatic N) is 2. The van der Waals surface area contributed by atoms with Crippen molar-refractivity contribution >= 4 is 11.6 Å². The molecule has 168 valence electrons. The number of phenols is 1. The SMILES string of the molecule is CC[C@H](C)c1ccc([C@@H]([NH2+]CC(=O)N2CCN(c3ccc(O)cc3)CC2)C(C)C)cc1. The highest BCUT2D eigenvalue weighted by atomic mass is 16.3. The molecular formula is C26H38N3O2+. The molecule has 5 heteroatoms. The summed E-state index contributed by atoms with van der Waals surface area (Å²) in [5.74, 6) is 1.53. The quantitative estimate of drug-likeness (QED) is 0.682. The van der Waals surface area contributed by atoms with E-state index in [0.29, 0.717) is 18.4 Å². The van der Waals surface area contributed by atoms with Gasteiger partial charge in [0.05, 0.1) is 0 Å². The van der Waals surface area contributed by atoms with E-state index in [1.807, 2.05) is 17.0 Å². The smallest absolute Gasteiger partial charge is 0.277 e. The van der Waals surface area contributed by atoms with Crippen molar-refractivity contribution in [2.75, 3.05) is 37.6 Å². The number of carbonyl (C=O) groups excluding carboxylic acids is 1. The van der Waals surface area contributed by atoms with Crippen LogP contribution in [0.25, 0.3) is 0 Å². The minimum Gasteiger partial charge on any atom is -0.508 e. The fraction of sp³-hybridized carbons (Fsp3) is 0.500. The summed E-state index contributed by atoms with van der Waals surface area (Å²) in [6, 6.07) is 16.5. The van der Waals surface area contributed by atoms with Gasteiger partial charge in [0.15, 0.2) is 6.54 Å². The van der Waals surface area contributed by atoms with Gasteiger partial charge in [-0.1, -0.05) is 52.0 Å². The van der Waals surface area contributed by atoms with Crippen molar-refractivity contribution in [3.05, 3.63) is 59.7 Å². The molecule has 0 aliphatic carbocycles. The second-order valence-corrected chi connectivity index (χ2v) is 9.07. The number of hydrogen-bond acceptors (Lipinski definition) is 3. The molecule has 0 radical (unpaired) electrons. The van der Waals surface area contributed by atoms with E-state index in [4.69, 9.17) is 0 Å². The number of piperazine rings is 1. The fourth-order valence-electron chi connectivity index (χ4n) is 4.31. The second kappa shape index (κ2) is 10.7. The Bertz CT molecular complexity index is 825. The van der Waals surface area contributed by atoms with Gasteiger partial charge in [-0.15, -0.1) is 0 Å². The van der Waals surface area contributed by atoms with E-state index >= 15 is 0 Å². The summed E-state index contributed by atoms with van der Waals surface area (Å²) in [7, 11) is 0. The Kier molecular flexibility index (Phi) is 7.97. The van der Waals surface area contributed by atoms with E-state index < -0.39 is 0 Å². The predicted molar refractivity (Wildman–Crippen MR) is 126 cm³/mol. The van der Waals surface area contributed by atoms with Crippen LogP contribution in [-0.4, -0.2) is 48.6 Å². The Labute approximate surface area is 187 Å². The van der Waals surface area contributed by atoms with Crippen LogP contribution in [0.4, 0.5) is 5.69 Å². The molecule has 1 aliphatic heterocycles. The number of anilines is 1. The molecule has 0 bridgehead atoms. The van der Waals surface area contributed by atoms with Crippen LogP contribution in [0.5, 0.6) is 5.75 Å². The van der Waals surface area contributed by atoms with E-state index in [1.54, 1.807) is 12.1 Å². The summed E-state index contributed by atoms with van der Waals surface area (Å²) in [5, 5.41) is 11.7. The van der Waals surface area contributed by atoms with E-state index in [0.717, 1.165) is 38.3 Å². The summed E-state index contributed by atoms with van der Waals surface area (Å²) in [6.45, 7) is 12.5. The van der Waals surface area contributed by atoms with Gasteiger partial charge in [0, 0.05) is 43.3 Å². The van der Waals surface area contributed by atoms with Crippen molar-refractivity contribution in [1.29, 1.82) is 0 Å². The largest absolute Gasteiger partial charge is 0.508 e. The standard InChI is InChI=1S/C26H37N3O2/c1-5-20(4)21-6-8-22(9-7-21)26(19(2)3)27-18-25(31)29-16-14-28(15-17-29)23-10-12-24(30)13-11-23/h6-13,19-20,26-27,30H,5,14-18H2,1-4H3/p+1/t20-,26-/m0/s1. The topological polar surface area (TPSA) is 60.4 Å². The van der Waals surface area contributed by atoms with E-state index in [1.165, 1.54) is 11.1 Å². The van der Waals surface area contributed by atoms with Crippen LogP contribution >= 0.6 is 0 Å². The molecule has 2 aromatic carbocycles. The van der Waals surface area contributed by atoms with Crippen LogP contribution in [-0.2, 0) is 4.79 Å². The third-order valence-electron chi connectivity index (χ3n) is 6.61. The minimum absolute atomic E-state index is 0.215. The fourth-order valence-corrected chi connectivity index (χ4v) is 4.31. The van der Waals surface area contributed by atoms with Gasteiger partial charge in [0.25, 0.3) is 5.91 Å². The predicted octanol–water partition coefficient (Wildman–Crippen LogP) is 3.52. The van der Waals surface area contributed by atoms with Crippen LogP contribution in [0.15, 0.2) is 48.5 Å². The van der Waals surface area contributed by atoms with Crippen molar-refractivity contribution < 1.29 is 15.2 Å². The van der Waals surface area contributed by atoms with Crippen molar-refractivity contribution in [1.82, 2.24) is 4.90 Å². The zero-order valence-electron chi connectivity index (χ0n) is 19.4. The van der Waals surface area contributed by atoms with Crippen LogP contribution < -0.4 is 10.2 Å². The Morgan fingerprint density at radius 2 is 1.52 bits per heavy atom. The first kappa shape index (κ1) is 23.1. The molecule has 3 N–H and O–H groups in total. The van der Waals surface area contributed by atoms with E-state index in [-0.39, 0.29) is 17.7 Å². The summed E-state index contributed by atoms with van der Waals surface area (Å²) in [6.07, 6.45) is 1.15. The van der Waals surface area contributed by atoms with Gasteiger partial charge in [0.1, 0.15) is 11.8 Å². The molecule has 31 heavy (non-hydrogen) atoms. The third-order valence-corrected chi connectivity index (χ3v) is 6.61. The van der Waals surface area contributed by atoms with Crippen molar-refractivity contribution in [2.24, 2.45) is 5.92 Å². The number of phenolic OH excluding ortho intramolecular Hbond substituents is 1. The molecule has 3 rings (SSSR count). The van der Waals surface area contributed by atoms with Gasteiger partial charge < -0.3 is 20.2 Å². The first-order chi connectivity index (χ1) is 14.9. The molecule has 0 saturated carbocycles. The maximum absolute atomic E-state index is 12.9. The Morgan fingerprint density at radius 1 is 0.935 bits per heavy atom. The van der Waals surface area contributed by atoms with Crippen LogP contribution in [0.2, 0.25) is 0 Å². The molecule has 0 aromatic heterocycles. The van der Waals surface area contributed by atoms with Gasteiger partial charge in [-0.3, -0.25) is 4.79 Å². The molecule has 1 fully saturated rings. The number of carbonyl (C=O) groups is 1. The molecule has 1 amide bonds. The Morgan fingerprint density at radius 3 is 2.06 bits per heavy atom. The first-order valence-electron chi connectivity index (χ1n) is 11.6. The molecule has 5 nitrogen and oxygen atoms in total. The number of hydrogen-bond donors (Lipinski definition) is 2. The zero-order chi connectivity index (χ0) is 22.4. The monoisotopic (exact) mass is 424 g/mol. The average Bonchev–Trinajstić information content (AvgIpc) is 2.79. The highest BCUT2D eigenvalue weighted by Gasteiger charge is 2.25. The molecule has 0 spiro atoms. The lowest BCUT2D eigenvalue weighted by atomic mass is 9.92. The molecule has 1 saturated heterocycles. The number of amides is 1. The molecule has 2 atom stereocenters. The van der Waals surface area contributed by atoms with Crippen LogP contribution in [0.3, 0.4) is 0 Å². The Balaban J connectivity index is 1.53.